The molecule has 1 fully saturated rings. The smallest absolute Gasteiger partial charge is 0.169 e. The van der Waals surface area contributed by atoms with Crippen LogP contribution in [0, 0.1) is 0 Å². The van der Waals surface area contributed by atoms with Crippen molar-refractivity contribution in [2.45, 2.75) is 25.9 Å². The molecule has 2 aromatic carbocycles. The maximum atomic E-state index is 2.57. The summed E-state index contributed by atoms with van der Waals surface area (Å²) in [6.45, 7) is 3.53. The molecule has 4 heterocycles. The van der Waals surface area contributed by atoms with Crippen molar-refractivity contribution < 1.29 is 13.6 Å². The number of likely N-dealkylation sites (tertiary alicyclic amines) is 1. The van der Waals surface area contributed by atoms with Gasteiger partial charge < -0.3 is 4.48 Å². The van der Waals surface area contributed by atoms with Crippen molar-refractivity contribution in [1.82, 2.24) is 4.57 Å². The fourth-order valence-corrected chi connectivity index (χ4v) is 5.89. The summed E-state index contributed by atoms with van der Waals surface area (Å²) >= 11 is 0. The lowest BCUT2D eigenvalue weighted by Gasteiger charge is -2.38. The molecule has 196 valence electrons. The number of quaternary nitrogens is 1. The van der Waals surface area contributed by atoms with Crippen LogP contribution in [0.5, 0.6) is 0 Å². The third kappa shape index (κ3) is 5.57. The average molecular weight is 516 g/mol. The van der Waals surface area contributed by atoms with Gasteiger partial charge in [-0.25, -0.2) is 9.13 Å². The molecule has 0 spiro atoms. The van der Waals surface area contributed by atoms with Gasteiger partial charge in [0.15, 0.2) is 31.5 Å². The predicted octanol–water partition coefficient (Wildman–Crippen LogP) is 6.37. The second-order valence-electron chi connectivity index (χ2n) is 11.5. The molecule has 39 heavy (non-hydrogen) atoms. The molecule has 4 nitrogen and oxygen atoms in total. The first-order valence-corrected chi connectivity index (χ1v) is 14.1. The van der Waals surface area contributed by atoms with E-state index in [0.29, 0.717) is 0 Å². The first-order chi connectivity index (χ1) is 19.0. The standard InChI is InChI=1S/C35H39N4/c1-36-19-15-28(16-20-36)7-9-30-11-13-34-32(25-30)33-26-31(10-8-29-17-21-37(2)22-18-29)12-14-35(33)38(34)27-39(3)23-5-4-6-24-39/h7-22,25-26H,4-6,23-24,27H2,1-3H3/q+3. The second-order valence-corrected chi connectivity index (χ2v) is 11.5. The lowest BCUT2D eigenvalue weighted by atomic mass is 10.1. The second kappa shape index (κ2) is 10.6. The highest BCUT2D eigenvalue weighted by atomic mass is 15.4. The maximum absolute atomic E-state index is 2.57. The molecule has 0 atom stereocenters. The molecule has 0 unspecified atom stereocenters. The van der Waals surface area contributed by atoms with Crippen molar-refractivity contribution in [3.63, 3.8) is 0 Å². The summed E-state index contributed by atoms with van der Waals surface area (Å²) in [5.41, 5.74) is 7.53. The average Bonchev–Trinajstić information content (AvgIpc) is 3.24. The fourth-order valence-electron chi connectivity index (χ4n) is 5.89. The van der Waals surface area contributed by atoms with Crippen LogP contribution in [-0.4, -0.2) is 29.2 Å². The van der Waals surface area contributed by atoms with Crippen molar-refractivity contribution in [3.8, 4) is 0 Å². The topological polar surface area (TPSA) is 12.7 Å². The Bertz CT molecular complexity index is 1550. The summed E-state index contributed by atoms with van der Waals surface area (Å²) in [7, 11) is 6.53. The number of aryl methyl sites for hydroxylation is 2. The van der Waals surface area contributed by atoms with Gasteiger partial charge in [0, 0.05) is 35.0 Å². The summed E-state index contributed by atoms with van der Waals surface area (Å²) in [6, 6.07) is 22.5. The van der Waals surface area contributed by atoms with E-state index in [1.165, 1.54) is 76.4 Å². The molecule has 0 bridgehead atoms. The Labute approximate surface area is 232 Å². The van der Waals surface area contributed by atoms with E-state index < -0.39 is 0 Å². The van der Waals surface area contributed by atoms with E-state index in [9.17, 15) is 0 Å². The normalized spacial score (nSPS) is 15.7. The van der Waals surface area contributed by atoms with Crippen LogP contribution in [-0.2, 0) is 20.8 Å². The van der Waals surface area contributed by atoms with Gasteiger partial charge >= 0.3 is 0 Å². The highest BCUT2D eigenvalue weighted by molar-refractivity contribution is 6.09. The number of fused-ring (bicyclic) bond motifs is 3. The predicted molar refractivity (Wildman–Crippen MR) is 162 cm³/mol. The van der Waals surface area contributed by atoms with E-state index in [2.05, 4.69) is 131 Å². The van der Waals surface area contributed by atoms with Crippen LogP contribution in [0.4, 0.5) is 0 Å². The molecule has 3 aromatic heterocycles. The quantitative estimate of drug-likeness (QED) is 0.184. The molecule has 1 aliphatic heterocycles. The Morgan fingerprint density at radius 3 is 1.51 bits per heavy atom. The molecule has 6 rings (SSSR count). The first kappa shape index (κ1) is 25.3. The first-order valence-electron chi connectivity index (χ1n) is 14.1. The molecule has 0 radical (unpaired) electrons. The molecule has 1 saturated heterocycles. The van der Waals surface area contributed by atoms with Gasteiger partial charge in [0.05, 0.1) is 31.2 Å². The zero-order valence-electron chi connectivity index (χ0n) is 23.4. The molecule has 0 saturated carbocycles. The largest absolute Gasteiger partial charge is 0.309 e. The molecular weight excluding hydrogens is 476 g/mol. The lowest BCUT2D eigenvalue weighted by Crippen LogP contribution is -2.48. The van der Waals surface area contributed by atoms with Gasteiger partial charge in [0.2, 0.25) is 0 Å². The zero-order valence-corrected chi connectivity index (χ0v) is 23.4. The minimum atomic E-state index is 1.02. The Morgan fingerprint density at radius 2 is 1.05 bits per heavy atom. The van der Waals surface area contributed by atoms with E-state index in [4.69, 9.17) is 0 Å². The Hall–Kier alpha value is -4.02. The van der Waals surface area contributed by atoms with E-state index >= 15 is 0 Å². The number of piperidine rings is 1. The summed E-state index contributed by atoms with van der Waals surface area (Å²) in [4.78, 5) is 0. The van der Waals surface area contributed by atoms with E-state index in [-0.39, 0.29) is 0 Å². The molecule has 4 heteroatoms. The number of hydrogen-bond acceptors (Lipinski definition) is 0. The van der Waals surface area contributed by atoms with Crippen LogP contribution in [0.3, 0.4) is 0 Å². The summed E-state index contributed by atoms with van der Waals surface area (Å²) in [5.74, 6) is 0. The fraction of sp³-hybridized carbons (Fsp3) is 0.257. The van der Waals surface area contributed by atoms with Crippen LogP contribution >= 0.6 is 0 Å². The monoisotopic (exact) mass is 515 g/mol. The van der Waals surface area contributed by atoms with Crippen molar-refractivity contribution in [2.75, 3.05) is 20.1 Å². The summed E-state index contributed by atoms with van der Waals surface area (Å²) < 4.78 is 7.81. The number of hydrogen-bond donors (Lipinski definition) is 0. The van der Waals surface area contributed by atoms with Crippen molar-refractivity contribution >= 4 is 46.1 Å². The molecule has 0 N–H and O–H groups in total. The Balaban J connectivity index is 1.42. The van der Waals surface area contributed by atoms with Gasteiger partial charge in [-0.05, 0) is 65.8 Å². The van der Waals surface area contributed by atoms with E-state index in [0.717, 1.165) is 11.2 Å². The number of rotatable bonds is 6. The van der Waals surface area contributed by atoms with E-state index in [1.54, 1.807) is 0 Å². The summed E-state index contributed by atoms with van der Waals surface area (Å²) in [5, 5.41) is 2.66. The molecule has 1 aliphatic rings. The van der Waals surface area contributed by atoms with Gasteiger partial charge in [-0.15, -0.1) is 0 Å². The third-order valence-corrected chi connectivity index (χ3v) is 8.24. The minimum absolute atomic E-state index is 1.02. The Kier molecular flexibility index (Phi) is 6.88. The van der Waals surface area contributed by atoms with Crippen molar-refractivity contribution in [2.24, 2.45) is 14.1 Å². The van der Waals surface area contributed by atoms with Crippen molar-refractivity contribution in [1.29, 1.82) is 0 Å². The highest BCUT2D eigenvalue weighted by Gasteiger charge is 2.26. The van der Waals surface area contributed by atoms with Crippen LogP contribution in [0.2, 0.25) is 0 Å². The SMILES string of the molecule is C[n+]1ccc(C=Cc2ccc3c(c2)c2cc(C=Cc4cc[n+](C)cc4)ccc2n3C[N+]2(C)CCCCC2)cc1. The highest BCUT2D eigenvalue weighted by Crippen LogP contribution is 2.33. The molecule has 0 amide bonds. The van der Waals surface area contributed by atoms with Gasteiger partial charge in [-0.3, -0.25) is 4.57 Å². The van der Waals surface area contributed by atoms with E-state index in [1.807, 2.05) is 14.1 Å². The lowest BCUT2D eigenvalue weighted by molar-refractivity contribution is -0.934. The Morgan fingerprint density at radius 1 is 0.615 bits per heavy atom. The number of aromatic nitrogens is 3. The van der Waals surface area contributed by atoms with Crippen LogP contribution in [0.25, 0.3) is 46.1 Å². The van der Waals surface area contributed by atoms with Gasteiger partial charge in [-0.2, -0.15) is 0 Å². The molecule has 5 aromatic rings. The van der Waals surface area contributed by atoms with Gasteiger partial charge in [0.25, 0.3) is 0 Å². The minimum Gasteiger partial charge on any atom is -0.309 e. The maximum Gasteiger partial charge on any atom is 0.169 e. The third-order valence-electron chi connectivity index (χ3n) is 8.24. The molecular formula is C35H39N4+3. The van der Waals surface area contributed by atoms with Crippen molar-refractivity contribution in [3.05, 3.63) is 108 Å². The van der Waals surface area contributed by atoms with Crippen LogP contribution < -0.4 is 9.13 Å². The zero-order chi connectivity index (χ0) is 26.8. The number of benzene rings is 2. The van der Waals surface area contributed by atoms with Gasteiger partial charge in [-0.1, -0.05) is 36.4 Å². The molecule has 0 aliphatic carbocycles. The van der Waals surface area contributed by atoms with Crippen LogP contribution in [0.1, 0.15) is 41.5 Å². The summed E-state index contributed by atoms with van der Waals surface area (Å²) in [6.07, 6.45) is 21.2. The number of pyridine rings is 2. The van der Waals surface area contributed by atoms with Crippen LogP contribution in [0.15, 0.2) is 85.5 Å². The number of nitrogens with zero attached hydrogens (tertiary/aromatic N) is 4. The van der Waals surface area contributed by atoms with Gasteiger partial charge in [0.1, 0.15) is 14.1 Å².